The van der Waals surface area contributed by atoms with E-state index in [-0.39, 0.29) is 11.5 Å². The van der Waals surface area contributed by atoms with E-state index in [2.05, 4.69) is 10.3 Å². The van der Waals surface area contributed by atoms with Crippen LogP contribution in [0.2, 0.25) is 0 Å². The number of hydrogen-bond acceptors (Lipinski definition) is 4. The van der Waals surface area contributed by atoms with Crippen LogP contribution in [0, 0.1) is 6.92 Å². The molecule has 4 rings (SSSR count). The molecule has 0 aliphatic heterocycles. The Labute approximate surface area is 166 Å². The summed E-state index contributed by atoms with van der Waals surface area (Å²) in [6, 6.07) is 18.6. The van der Waals surface area contributed by atoms with Crippen molar-refractivity contribution in [1.82, 2.24) is 9.55 Å². The van der Waals surface area contributed by atoms with E-state index in [0.29, 0.717) is 10.2 Å². The second kappa shape index (κ2) is 7.40. The van der Waals surface area contributed by atoms with E-state index < -0.39 is 6.04 Å². The highest BCUT2D eigenvalue weighted by Crippen LogP contribution is 2.30. The molecule has 0 spiro atoms. The van der Waals surface area contributed by atoms with Crippen molar-refractivity contribution in [3.63, 3.8) is 0 Å². The average molecular weight is 389 g/mol. The number of thiophene rings is 1. The second-order valence-electron chi connectivity index (χ2n) is 6.63. The maximum Gasteiger partial charge on any atom is 0.262 e. The van der Waals surface area contributed by atoms with E-state index in [4.69, 9.17) is 0 Å². The fourth-order valence-electron chi connectivity index (χ4n) is 3.03. The number of nitrogens with one attached hydrogen (secondary N) is 1. The summed E-state index contributed by atoms with van der Waals surface area (Å²) >= 11 is 1.47. The molecule has 0 saturated carbocycles. The third-order valence-corrected chi connectivity index (χ3v) is 5.83. The molecule has 0 fully saturated rings. The van der Waals surface area contributed by atoms with Crippen molar-refractivity contribution < 1.29 is 4.79 Å². The van der Waals surface area contributed by atoms with Gasteiger partial charge in [0, 0.05) is 10.6 Å². The summed E-state index contributed by atoms with van der Waals surface area (Å²) in [5.74, 6) is -0.254. The first-order valence-electron chi connectivity index (χ1n) is 8.97. The molecule has 1 amide bonds. The molecule has 6 heteroatoms. The highest BCUT2D eigenvalue weighted by molar-refractivity contribution is 7.21. The van der Waals surface area contributed by atoms with E-state index in [1.807, 2.05) is 67.6 Å². The van der Waals surface area contributed by atoms with Gasteiger partial charge in [0.25, 0.3) is 5.56 Å². The van der Waals surface area contributed by atoms with Crippen molar-refractivity contribution >= 4 is 33.1 Å². The van der Waals surface area contributed by atoms with Gasteiger partial charge >= 0.3 is 0 Å². The van der Waals surface area contributed by atoms with E-state index in [0.717, 1.165) is 21.7 Å². The lowest BCUT2D eigenvalue weighted by Crippen LogP contribution is -2.31. The molecule has 1 unspecified atom stereocenters. The molecule has 0 bridgehead atoms. The van der Waals surface area contributed by atoms with Crippen molar-refractivity contribution in [3.8, 4) is 10.4 Å². The minimum atomic E-state index is -0.677. The Morgan fingerprint density at radius 2 is 1.82 bits per heavy atom. The molecule has 0 radical (unpaired) electrons. The summed E-state index contributed by atoms with van der Waals surface area (Å²) in [4.78, 5) is 31.7. The quantitative estimate of drug-likeness (QED) is 0.553. The Kier molecular flexibility index (Phi) is 4.79. The zero-order valence-corrected chi connectivity index (χ0v) is 16.4. The summed E-state index contributed by atoms with van der Waals surface area (Å²) in [6.45, 7) is 3.63. The number of anilines is 1. The lowest BCUT2D eigenvalue weighted by molar-refractivity contribution is -0.118. The van der Waals surface area contributed by atoms with Gasteiger partial charge in [-0.1, -0.05) is 48.5 Å². The van der Waals surface area contributed by atoms with Gasteiger partial charge in [-0.25, -0.2) is 4.98 Å². The Morgan fingerprint density at radius 3 is 2.57 bits per heavy atom. The number of carbonyl (C=O) groups is 1. The van der Waals surface area contributed by atoms with Crippen LogP contribution in [-0.4, -0.2) is 15.5 Å². The Hall–Kier alpha value is -3.25. The zero-order chi connectivity index (χ0) is 19.7. The molecule has 5 nitrogen and oxygen atoms in total. The van der Waals surface area contributed by atoms with Crippen molar-refractivity contribution in [2.45, 2.75) is 19.9 Å². The molecule has 2 heterocycles. The Balaban J connectivity index is 1.67. The molecular formula is C22H19N3O2S. The number of aromatic nitrogens is 2. The molecule has 1 atom stereocenters. The van der Waals surface area contributed by atoms with Crippen LogP contribution in [0.25, 0.3) is 20.7 Å². The summed E-state index contributed by atoms with van der Waals surface area (Å²) in [5.41, 5.74) is 2.54. The van der Waals surface area contributed by atoms with Gasteiger partial charge < -0.3 is 5.32 Å². The Morgan fingerprint density at radius 1 is 1.11 bits per heavy atom. The SMILES string of the molecule is Cc1ccccc1NC(=O)C(C)n1cnc2sc(-c3ccccc3)cc2c1=O. The summed E-state index contributed by atoms with van der Waals surface area (Å²) in [5, 5.41) is 3.42. The fourth-order valence-corrected chi connectivity index (χ4v) is 4.03. The molecule has 2 aromatic heterocycles. The van der Waals surface area contributed by atoms with Gasteiger partial charge in [-0.2, -0.15) is 0 Å². The maximum atomic E-state index is 13.0. The summed E-state index contributed by atoms with van der Waals surface area (Å²) < 4.78 is 1.39. The molecule has 0 aliphatic carbocycles. The molecule has 0 aliphatic rings. The number of aryl methyl sites for hydroxylation is 1. The lowest BCUT2D eigenvalue weighted by atomic mass is 10.2. The first kappa shape index (κ1) is 18.1. The van der Waals surface area contributed by atoms with Gasteiger partial charge in [0.1, 0.15) is 10.9 Å². The van der Waals surface area contributed by atoms with E-state index in [9.17, 15) is 9.59 Å². The number of para-hydroxylation sites is 1. The van der Waals surface area contributed by atoms with Gasteiger partial charge in [0.15, 0.2) is 0 Å². The lowest BCUT2D eigenvalue weighted by Gasteiger charge is -2.15. The van der Waals surface area contributed by atoms with Crippen LogP contribution in [0.1, 0.15) is 18.5 Å². The first-order chi connectivity index (χ1) is 13.5. The number of amides is 1. The van der Waals surface area contributed by atoms with Crippen LogP contribution < -0.4 is 10.9 Å². The van der Waals surface area contributed by atoms with Gasteiger partial charge in [-0.15, -0.1) is 11.3 Å². The first-order valence-corrected chi connectivity index (χ1v) is 9.79. The highest BCUT2D eigenvalue weighted by atomic mass is 32.1. The number of rotatable bonds is 4. The number of carbonyl (C=O) groups excluding carboxylic acids is 1. The van der Waals surface area contributed by atoms with Crippen LogP contribution in [-0.2, 0) is 4.79 Å². The van der Waals surface area contributed by atoms with Crippen molar-refractivity contribution in [1.29, 1.82) is 0 Å². The topological polar surface area (TPSA) is 64.0 Å². The highest BCUT2D eigenvalue weighted by Gasteiger charge is 2.19. The molecule has 2 aromatic carbocycles. The summed E-state index contributed by atoms with van der Waals surface area (Å²) in [7, 11) is 0. The third-order valence-electron chi connectivity index (χ3n) is 4.73. The molecular weight excluding hydrogens is 370 g/mol. The minimum Gasteiger partial charge on any atom is -0.324 e. The number of nitrogens with zero attached hydrogens (tertiary/aromatic N) is 2. The molecule has 28 heavy (non-hydrogen) atoms. The molecule has 0 saturated heterocycles. The molecule has 140 valence electrons. The second-order valence-corrected chi connectivity index (χ2v) is 7.66. The van der Waals surface area contributed by atoms with Crippen LogP contribution >= 0.6 is 11.3 Å². The number of benzene rings is 2. The Bertz CT molecular complexity index is 1210. The van der Waals surface area contributed by atoms with Gasteiger partial charge in [-0.05, 0) is 37.1 Å². The smallest absolute Gasteiger partial charge is 0.262 e. The average Bonchev–Trinajstić information content (AvgIpc) is 3.15. The third kappa shape index (κ3) is 3.34. The predicted octanol–water partition coefficient (Wildman–Crippen LogP) is 4.63. The van der Waals surface area contributed by atoms with Crippen LogP contribution in [0.3, 0.4) is 0 Å². The van der Waals surface area contributed by atoms with E-state index >= 15 is 0 Å². The van der Waals surface area contributed by atoms with Crippen molar-refractivity contribution in [2.75, 3.05) is 5.32 Å². The minimum absolute atomic E-state index is 0.212. The van der Waals surface area contributed by atoms with Crippen molar-refractivity contribution in [3.05, 3.63) is 82.9 Å². The van der Waals surface area contributed by atoms with Crippen LogP contribution in [0.15, 0.2) is 71.8 Å². The van der Waals surface area contributed by atoms with Gasteiger partial charge in [0.05, 0.1) is 11.7 Å². The zero-order valence-electron chi connectivity index (χ0n) is 15.5. The van der Waals surface area contributed by atoms with Crippen molar-refractivity contribution in [2.24, 2.45) is 0 Å². The summed E-state index contributed by atoms with van der Waals surface area (Å²) in [6.07, 6.45) is 1.46. The van der Waals surface area contributed by atoms with Gasteiger partial charge in [0.2, 0.25) is 5.91 Å². The largest absolute Gasteiger partial charge is 0.324 e. The maximum absolute atomic E-state index is 13.0. The number of fused-ring (bicyclic) bond motifs is 1. The molecule has 1 N–H and O–H groups in total. The van der Waals surface area contributed by atoms with Gasteiger partial charge in [-0.3, -0.25) is 14.2 Å². The van der Waals surface area contributed by atoms with Crippen LogP contribution in [0.5, 0.6) is 0 Å². The van der Waals surface area contributed by atoms with E-state index in [1.54, 1.807) is 6.92 Å². The fraction of sp³-hybridized carbons (Fsp3) is 0.136. The standard InChI is InChI=1S/C22H19N3O2S/c1-14-8-6-7-11-18(14)24-20(26)15(2)25-13-23-21-17(22(25)27)12-19(28-21)16-9-4-3-5-10-16/h3-13,15H,1-2H3,(H,24,26). The monoisotopic (exact) mass is 389 g/mol. The predicted molar refractivity (Wildman–Crippen MR) is 114 cm³/mol. The van der Waals surface area contributed by atoms with Crippen LogP contribution in [0.4, 0.5) is 5.69 Å². The van der Waals surface area contributed by atoms with E-state index in [1.165, 1.54) is 22.2 Å². The number of hydrogen-bond donors (Lipinski definition) is 1. The normalized spacial score (nSPS) is 12.1. The molecule has 4 aromatic rings.